The van der Waals surface area contributed by atoms with Crippen LogP contribution in [0.2, 0.25) is 0 Å². The first-order valence-corrected chi connectivity index (χ1v) is 8.07. The molecule has 1 aromatic carbocycles. The largest absolute Gasteiger partial charge is 0.392 e. The molecule has 1 unspecified atom stereocenters. The minimum atomic E-state index is -0.0654. The number of aliphatic hydroxyl groups excluding tert-OH is 1. The second kappa shape index (κ2) is 6.34. The predicted molar refractivity (Wildman–Crippen MR) is 89.3 cm³/mol. The standard InChI is InChI=1S/C18H24N2O3/c1-12(2)10-19-17-15(8-9-16(17)23-3)20(18(19)22)14-6-4-13(11-21)5-7-14/h4-9,12,15-17,21H,10-11H2,1-3H3/t15?,16-,17-/m1/s1. The average molecular weight is 316 g/mol. The zero-order chi connectivity index (χ0) is 16.6. The Bertz CT molecular complexity index is 597. The average Bonchev–Trinajstić information content (AvgIpc) is 3.06. The summed E-state index contributed by atoms with van der Waals surface area (Å²) in [4.78, 5) is 16.8. The van der Waals surface area contributed by atoms with E-state index in [0.29, 0.717) is 12.5 Å². The van der Waals surface area contributed by atoms with Gasteiger partial charge in [0.25, 0.3) is 0 Å². The number of fused-ring (bicyclic) bond motifs is 1. The Labute approximate surface area is 137 Å². The lowest BCUT2D eigenvalue weighted by atomic mass is 10.1. The van der Waals surface area contributed by atoms with Crippen LogP contribution in [0.4, 0.5) is 10.5 Å². The molecule has 0 aromatic heterocycles. The number of carbonyl (C=O) groups is 1. The van der Waals surface area contributed by atoms with E-state index < -0.39 is 0 Å². The summed E-state index contributed by atoms with van der Waals surface area (Å²) >= 11 is 0. The summed E-state index contributed by atoms with van der Waals surface area (Å²) in [6.45, 7) is 4.95. The van der Waals surface area contributed by atoms with E-state index in [0.717, 1.165) is 11.3 Å². The van der Waals surface area contributed by atoms with Gasteiger partial charge < -0.3 is 14.7 Å². The number of hydrogen-bond donors (Lipinski definition) is 1. The Morgan fingerprint density at radius 2 is 1.91 bits per heavy atom. The number of rotatable bonds is 5. The number of urea groups is 1. The Hall–Kier alpha value is -1.85. The number of anilines is 1. The summed E-state index contributed by atoms with van der Waals surface area (Å²) in [6, 6.07) is 7.54. The van der Waals surface area contributed by atoms with Crippen LogP contribution in [0.1, 0.15) is 19.4 Å². The molecule has 1 N–H and O–H groups in total. The number of amides is 2. The molecule has 1 heterocycles. The first-order chi connectivity index (χ1) is 11.1. The van der Waals surface area contributed by atoms with Gasteiger partial charge in [0.05, 0.1) is 24.8 Å². The minimum Gasteiger partial charge on any atom is -0.392 e. The maximum Gasteiger partial charge on any atom is 0.325 e. The topological polar surface area (TPSA) is 53.0 Å². The van der Waals surface area contributed by atoms with E-state index in [1.54, 1.807) is 7.11 Å². The third-order valence-electron chi connectivity index (χ3n) is 4.53. The van der Waals surface area contributed by atoms with E-state index in [4.69, 9.17) is 4.74 Å². The number of ether oxygens (including phenoxy) is 1. The fourth-order valence-corrected chi connectivity index (χ4v) is 3.50. The van der Waals surface area contributed by atoms with E-state index in [1.165, 1.54) is 0 Å². The molecule has 1 fully saturated rings. The fraction of sp³-hybridized carbons (Fsp3) is 0.500. The van der Waals surface area contributed by atoms with Crippen molar-refractivity contribution in [1.82, 2.24) is 4.90 Å². The summed E-state index contributed by atoms with van der Waals surface area (Å²) in [6.07, 6.45) is 4.05. The fourth-order valence-electron chi connectivity index (χ4n) is 3.50. The molecule has 1 aliphatic heterocycles. The quantitative estimate of drug-likeness (QED) is 0.849. The highest BCUT2D eigenvalue weighted by Gasteiger charge is 2.51. The molecule has 1 aromatic rings. The van der Waals surface area contributed by atoms with Crippen LogP contribution in [0.3, 0.4) is 0 Å². The number of benzene rings is 1. The van der Waals surface area contributed by atoms with Crippen LogP contribution >= 0.6 is 0 Å². The van der Waals surface area contributed by atoms with Crippen molar-refractivity contribution in [3.8, 4) is 0 Å². The number of carbonyl (C=O) groups excluding carboxylic acids is 1. The molecule has 2 aliphatic rings. The summed E-state index contributed by atoms with van der Waals surface area (Å²) in [5.74, 6) is 0.398. The summed E-state index contributed by atoms with van der Waals surface area (Å²) in [5.41, 5.74) is 1.70. The van der Waals surface area contributed by atoms with Crippen LogP contribution in [0.15, 0.2) is 36.4 Å². The van der Waals surface area contributed by atoms with Crippen molar-refractivity contribution in [2.24, 2.45) is 5.92 Å². The molecular formula is C18H24N2O3. The third kappa shape index (κ3) is 2.75. The molecule has 3 rings (SSSR count). The number of nitrogens with zero attached hydrogens (tertiary/aromatic N) is 2. The number of aliphatic hydroxyl groups is 1. The van der Waals surface area contributed by atoms with Gasteiger partial charge in [0, 0.05) is 19.3 Å². The molecule has 1 saturated heterocycles. The second-order valence-electron chi connectivity index (χ2n) is 6.59. The molecule has 5 heteroatoms. The molecule has 2 amide bonds. The van der Waals surface area contributed by atoms with Crippen LogP contribution in [-0.4, -0.2) is 47.9 Å². The molecule has 0 radical (unpaired) electrons. The highest BCUT2D eigenvalue weighted by atomic mass is 16.5. The first kappa shape index (κ1) is 16.0. The van der Waals surface area contributed by atoms with Crippen molar-refractivity contribution in [3.63, 3.8) is 0 Å². The van der Waals surface area contributed by atoms with E-state index >= 15 is 0 Å². The van der Waals surface area contributed by atoms with Crippen LogP contribution in [-0.2, 0) is 11.3 Å². The van der Waals surface area contributed by atoms with Gasteiger partial charge in [-0.2, -0.15) is 0 Å². The molecule has 5 nitrogen and oxygen atoms in total. The zero-order valence-electron chi connectivity index (χ0n) is 13.8. The van der Waals surface area contributed by atoms with Gasteiger partial charge in [-0.05, 0) is 23.6 Å². The second-order valence-corrected chi connectivity index (χ2v) is 6.59. The van der Waals surface area contributed by atoms with Crippen molar-refractivity contribution < 1.29 is 14.6 Å². The lowest BCUT2D eigenvalue weighted by Gasteiger charge is -2.28. The lowest BCUT2D eigenvalue weighted by Crippen LogP contribution is -2.44. The van der Waals surface area contributed by atoms with Gasteiger partial charge in [0.1, 0.15) is 0 Å². The van der Waals surface area contributed by atoms with Gasteiger partial charge in [-0.1, -0.05) is 38.1 Å². The van der Waals surface area contributed by atoms with E-state index in [9.17, 15) is 9.90 Å². The summed E-state index contributed by atoms with van der Waals surface area (Å²) < 4.78 is 5.57. The van der Waals surface area contributed by atoms with E-state index in [2.05, 4.69) is 19.9 Å². The van der Waals surface area contributed by atoms with Crippen molar-refractivity contribution in [1.29, 1.82) is 0 Å². The van der Waals surface area contributed by atoms with E-state index in [1.807, 2.05) is 40.1 Å². The van der Waals surface area contributed by atoms with Crippen molar-refractivity contribution >= 4 is 11.7 Å². The lowest BCUT2D eigenvalue weighted by molar-refractivity contribution is 0.0738. The molecule has 124 valence electrons. The number of methoxy groups -OCH3 is 1. The Morgan fingerprint density at radius 3 is 2.48 bits per heavy atom. The van der Waals surface area contributed by atoms with Gasteiger partial charge in [-0.15, -0.1) is 0 Å². The van der Waals surface area contributed by atoms with Crippen molar-refractivity contribution in [2.75, 3.05) is 18.6 Å². The van der Waals surface area contributed by atoms with Crippen molar-refractivity contribution in [2.45, 2.75) is 38.6 Å². The third-order valence-corrected chi connectivity index (χ3v) is 4.53. The molecule has 3 atom stereocenters. The monoisotopic (exact) mass is 316 g/mol. The molecular weight excluding hydrogens is 292 g/mol. The predicted octanol–water partition coefficient (Wildman–Crippen LogP) is 2.40. The molecule has 1 aliphatic carbocycles. The molecule has 23 heavy (non-hydrogen) atoms. The number of hydrogen-bond acceptors (Lipinski definition) is 3. The summed E-state index contributed by atoms with van der Waals surface area (Å²) in [7, 11) is 1.69. The summed E-state index contributed by atoms with van der Waals surface area (Å²) in [5, 5.41) is 9.19. The highest BCUT2D eigenvalue weighted by molar-refractivity contribution is 5.96. The Kier molecular flexibility index (Phi) is 4.41. The van der Waals surface area contributed by atoms with Gasteiger partial charge in [-0.3, -0.25) is 4.90 Å². The Morgan fingerprint density at radius 1 is 1.22 bits per heavy atom. The normalized spacial score (nSPS) is 26.5. The molecule has 0 bridgehead atoms. The minimum absolute atomic E-state index is 0.00536. The van der Waals surface area contributed by atoms with Crippen LogP contribution < -0.4 is 4.90 Å². The highest BCUT2D eigenvalue weighted by Crippen LogP contribution is 2.36. The SMILES string of the molecule is CO[C@@H]1C=CC2[C@H]1N(CC(C)C)C(=O)N2c1ccc(CO)cc1. The molecule has 0 spiro atoms. The van der Waals surface area contributed by atoms with Gasteiger partial charge >= 0.3 is 6.03 Å². The van der Waals surface area contributed by atoms with Gasteiger partial charge in [0.15, 0.2) is 0 Å². The van der Waals surface area contributed by atoms with Crippen LogP contribution in [0, 0.1) is 5.92 Å². The molecule has 0 saturated carbocycles. The first-order valence-electron chi connectivity index (χ1n) is 8.07. The van der Waals surface area contributed by atoms with Gasteiger partial charge in [-0.25, -0.2) is 4.79 Å². The smallest absolute Gasteiger partial charge is 0.325 e. The van der Waals surface area contributed by atoms with Gasteiger partial charge in [0.2, 0.25) is 0 Å². The van der Waals surface area contributed by atoms with E-state index in [-0.39, 0.29) is 30.8 Å². The zero-order valence-corrected chi connectivity index (χ0v) is 13.8. The maximum atomic E-state index is 13.0. The Balaban J connectivity index is 1.93. The van der Waals surface area contributed by atoms with Crippen LogP contribution in [0.25, 0.3) is 0 Å². The maximum absolute atomic E-state index is 13.0. The van der Waals surface area contributed by atoms with Crippen LogP contribution in [0.5, 0.6) is 0 Å². The van der Waals surface area contributed by atoms with Crippen molar-refractivity contribution in [3.05, 3.63) is 42.0 Å².